The molecule has 0 aromatic carbocycles. The molecule has 2 amide bonds. The Balaban J connectivity index is 1.66. The van der Waals surface area contributed by atoms with E-state index in [4.69, 9.17) is 4.74 Å². The molecule has 3 N–H and O–H groups in total. The highest BCUT2D eigenvalue weighted by molar-refractivity contribution is 5.74. The van der Waals surface area contributed by atoms with Gasteiger partial charge in [-0.25, -0.2) is 4.79 Å². The number of ether oxygens (including phenoxy) is 1. The van der Waals surface area contributed by atoms with Crippen molar-refractivity contribution in [2.75, 3.05) is 26.3 Å². The lowest BCUT2D eigenvalue weighted by molar-refractivity contribution is 0.188. The molecule has 2 fully saturated rings. The lowest BCUT2D eigenvalue weighted by Crippen LogP contribution is -2.51. The molecule has 2 heterocycles. The van der Waals surface area contributed by atoms with Crippen molar-refractivity contribution >= 4 is 6.03 Å². The molecule has 0 aliphatic carbocycles. The Hall–Kier alpha value is -0.810. The first kappa shape index (κ1) is 10.7. The van der Waals surface area contributed by atoms with E-state index in [1.807, 2.05) is 0 Å². The first-order valence-electron chi connectivity index (χ1n) is 5.70. The van der Waals surface area contributed by atoms with Crippen LogP contribution in [0, 0.1) is 0 Å². The van der Waals surface area contributed by atoms with E-state index < -0.39 is 0 Å². The minimum Gasteiger partial charge on any atom is -0.379 e. The van der Waals surface area contributed by atoms with Crippen molar-refractivity contribution < 1.29 is 9.53 Å². The Morgan fingerprint density at radius 3 is 2.80 bits per heavy atom. The van der Waals surface area contributed by atoms with Crippen LogP contribution in [0.2, 0.25) is 0 Å². The number of piperidine rings is 1. The zero-order valence-electron chi connectivity index (χ0n) is 8.92. The number of hydrogen-bond donors (Lipinski definition) is 3. The van der Waals surface area contributed by atoms with Gasteiger partial charge in [0.15, 0.2) is 0 Å². The largest absolute Gasteiger partial charge is 0.379 e. The summed E-state index contributed by atoms with van der Waals surface area (Å²) in [6, 6.07) is 0.418. The summed E-state index contributed by atoms with van der Waals surface area (Å²) < 4.78 is 5.19. The Labute approximate surface area is 89.9 Å². The first-order valence-corrected chi connectivity index (χ1v) is 5.70. The fraction of sp³-hybridized carbons (Fsp3) is 0.900. The number of nitrogens with one attached hydrogen (secondary N) is 3. The van der Waals surface area contributed by atoms with E-state index in [1.54, 1.807) is 0 Å². The summed E-state index contributed by atoms with van der Waals surface area (Å²) in [4.78, 5) is 11.6. The van der Waals surface area contributed by atoms with Crippen molar-refractivity contribution in [1.82, 2.24) is 16.0 Å². The molecular weight excluding hydrogens is 194 g/mol. The molecule has 0 aromatic rings. The molecule has 5 nitrogen and oxygen atoms in total. The third kappa shape index (κ3) is 3.35. The van der Waals surface area contributed by atoms with Crippen LogP contribution in [0.1, 0.15) is 19.3 Å². The molecule has 86 valence electrons. The molecule has 2 rings (SSSR count). The van der Waals surface area contributed by atoms with Crippen LogP contribution >= 0.6 is 0 Å². The van der Waals surface area contributed by atoms with Crippen LogP contribution in [0.5, 0.6) is 0 Å². The van der Waals surface area contributed by atoms with Gasteiger partial charge in [-0.1, -0.05) is 0 Å². The molecule has 0 saturated carbocycles. The van der Waals surface area contributed by atoms with Crippen LogP contribution < -0.4 is 16.0 Å². The fourth-order valence-electron chi connectivity index (χ4n) is 2.04. The van der Waals surface area contributed by atoms with E-state index in [0.29, 0.717) is 6.61 Å². The quantitative estimate of drug-likeness (QED) is 0.596. The standard InChI is InChI=1S/C10H19N3O2/c14-10(13-9-3-5-15-7-9)12-8-2-1-4-11-6-8/h8-9,11H,1-7H2,(H2,12,13,14). The molecule has 5 heteroatoms. The van der Waals surface area contributed by atoms with E-state index in [9.17, 15) is 4.79 Å². The maximum absolute atomic E-state index is 11.6. The average molecular weight is 213 g/mol. The summed E-state index contributed by atoms with van der Waals surface area (Å²) in [5.41, 5.74) is 0. The van der Waals surface area contributed by atoms with E-state index in [2.05, 4.69) is 16.0 Å². The second kappa shape index (κ2) is 5.32. The Morgan fingerprint density at radius 1 is 1.27 bits per heavy atom. The highest BCUT2D eigenvalue weighted by Gasteiger charge is 2.20. The molecule has 0 bridgehead atoms. The average Bonchev–Trinajstić information content (AvgIpc) is 2.71. The number of carbonyl (C=O) groups is 1. The van der Waals surface area contributed by atoms with Crippen LogP contribution in [0.15, 0.2) is 0 Å². The molecule has 0 spiro atoms. The van der Waals surface area contributed by atoms with Crippen LogP contribution in [0.4, 0.5) is 4.79 Å². The Bertz CT molecular complexity index is 211. The van der Waals surface area contributed by atoms with Crippen molar-refractivity contribution in [3.8, 4) is 0 Å². The third-order valence-corrected chi connectivity index (χ3v) is 2.90. The normalized spacial score (nSPS) is 31.2. The molecule has 2 unspecified atom stereocenters. The van der Waals surface area contributed by atoms with Gasteiger partial charge in [0, 0.05) is 19.2 Å². The summed E-state index contributed by atoms with van der Waals surface area (Å²) in [5.74, 6) is 0. The minimum atomic E-state index is -0.0563. The smallest absolute Gasteiger partial charge is 0.315 e. The number of carbonyl (C=O) groups excluding carboxylic acids is 1. The van der Waals surface area contributed by atoms with Crippen molar-refractivity contribution in [2.24, 2.45) is 0 Å². The lowest BCUT2D eigenvalue weighted by atomic mass is 10.1. The number of urea groups is 1. The summed E-state index contributed by atoms with van der Waals surface area (Å²) in [7, 11) is 0. The van der Waals surface area contributed by atoms with Crippen LogP contribution in [-0.2, 0) is 4.74 Å². The van der Waals surface area contributed by atoms with Crippen molar-refractivity contribution in [3.05, 3.63) is 0 Å². The highest BCUT2D eigenvalue weighted by atomic mass is 16.5. The molecule has 0 radical (unpaired) electrons. The SMILES string of the molecule is O=C(NC1CCCNC1)NC1CCOC1. The summed E-state index contributed by atoms with van der Waals surface area (Å²) in [6.45, 7) is 3.36. The zero-order valence-corrected chi connectivity index (χ0v) is 8.92. The number of rotatable bonds is 2. The molecule has 15 heavy (non-hydrogen) atoms. The van der Waals surface area contributed by atoms with Gasteiger partial charge in [0.2, 0.25) is 0 Å². The zero-order chi connectivity index (χ0) is 10.5. The van der Waals surface area contributed by atoms with Gasteiger partial charge in [0.25, 0.3) is 0 Å². The topological polar surface area (TPSA) is 62.4 Å². The fourth-order valence-corrected chi connectivity index (χ4v) is 2.04. The van der Waals surface area contributed by atoms with E-state index in [-0.39, 0.29) is 18.1 Å². The van der Waals surface area contributed by atoms with Gasteiger partial charge in [0.1, 0.15) is 0 Å². The van der Waals surface area contributed by atoms with Gasteiger partial charge in [-0.05, 0) is 25.8 Å². The maximum Gasteiger partial charge on any atom is 0.315 e. The summed E-state index contributed by atoms with van der Waals surface area (Å²) in [5, 5.41) is 9.17. The third-order valence-electron chi connectivity index (χ3n) is 2.90. The molecule has 2 saturated heterocycles. The lowest BCUT2D eigenvalue weighted by Gasteiger charge is -2.24. The monoisotopic (exact) mass is 213 g/mol. The van der Waals surface area contributed by atoms with Crippen LogP contribution in [0.25, 0.3) is 0 Å². The Morgan fingerprint density at radius 2 is 2.13 bits per heavy atom. The van der Waals surface area contributed by atoms with Gasteiger partial charge in [-0.3, -0.25) is 0 Å². The van der Waals surface area contributed by atoms with Gasteiger partial charge < -0.3 is 20.7 Å². The summed E-state index contributed by atoms with van der Waals surface area (Å²) in [6.07, 6.45) is 3.13. The predicted octanol–water partition coefficient (Wildman–Crippen LogP) is -0.173. The predicted molar refractivity (Wildman–Crippen MR) is 56.8 cm³/mol. The first-order chi connectivity index (χ1) is 7.34. The van der Waals surface area contributed by atoms with E-state index in [0.717, 1.165) is 39.0 Å². The minimum absolute atomic E-state index is 0.0563. The van der Waals surface area contributed by atoms with Gasteiger partial charge in [-0.2, -0.15) is 0 Å². The molecule has 0 aromatic heterocycles. The Kier molecular flexibility index (Phi) is 3.80. The second-order valence-corrected chi connectivity index (χ2v) is 4.22. The van der Waals surface area contributed by atoms with Crippen LogP contribution in [-0.4, -0.2) is 44.4 Å². The number of hydrogen-bond acceptors (Lipinski definition) is 3. The highest BCUT2D eigenvalue weighted by Crippen LogP contribution is 2.04. The van der Waals surface area contributed by atoms with Gasteiger partial charge in [0.05, 0.1) is 12.6 Å². The second-order valence-electron chi connectivity index (χ2n) is 4.22. The molecule has 2 aliphatic rings. The van der Waals surface area contributed by atoms with Crippen molar-refractivity contribution in [2.45, 2.75) is 31.3 Å². The van der Waals surface area contributed by atoms with Crippen LogP contribution in [0.3, 0.4) is 0 Å². The van der Waals surface area contributed by atoms with Gasteiger partial charge >= 0.3 is 6.03 Å². The molecule has 2 atom stereocenters. The van der Waals surface area contributed by atoms with Gasteiger partial charge in [-0.15, -0.1) is 0 Å². The molecular formula is C10H19N3O2. The van der Waals surface area contributed by atoms with Crippen molar-refractivity contribution in [3.63, 3.8) is 0 Å². The van der Waals surface area contributed by atoms with E-state index >= 15 is 0 Å². The summed E-state index contributed by atoms with van der Waals surface area (Å²) >= 11 is 0. The number of amides is 2. The van der Waals surface area contributed by atoms with Crippen molar-refractivity contribution in [1.29, 1.82) is 0 Å². The van der Waals surface area contributed by atoms with E-state index in [1.165, 1.54) is 0 Å². The molecule has 2 aliphatic heterocycles. The maximum atomic E-state index is 11.6.